The number of rotatable bonds is 9. The summed E-state index contributed by atoms with van der Waals surface area (Å²) in [6.07, 6.45) is 1.79. The number of halogens is 2. The summed E-state index contributed by atoms with van der Waals surface area (Å²) in [6, 6.07) is 23.4. The monoisotopic (exact) mass is 676 g/mol. The average Bonchev–Trinajstić information content (AvgIpc) is 3.70. The van der Waals surface area contributed by atoms with Gasteiger partial charge in [-0.3, -0.25) is 9.36 Å². The van der Waals surface area contributed by atoms with Gasteiger partial charge in [0.15, 0.2) is 16.3 Å². The lowest BCUT2D eigenvalue weighted by Gasteiger charge is -2.24. The lowest BCUT2D eigenvalue weighted by Crippen LogP contribution is -2.39. The van der Waals surface area contributed by atoms with Gasteiger partial charge in [0.05, 0.1) is 39.6 Å². The Hall–Kier alpha value is -4.15. The van der Waals surface area contributed by atoms with Crippen LogP contribution in [-0.2, 0) is 16.1 Å². The van der Waals surface area contributed by atoms with E-state index >= 15 is 0 Å². The molecule has 1 aliphatic heterocycles. The lowest BCUT2D eigenvalue weighted by molar-refractivity contribution is -0.138. The number of esters is 1. The van der Waals surface area contributed by atoms with Gasteiger partial charge in [-0.15, -0.1) is 11.3 Å². The van der Waals surface area contributed by atoms with Crippen LogP contribution in [0.4, 0.5) is 0 Å². The molecule has 0 amide bonds. The number of thiophene rings is 1. The van der Waals surface area contributed by atoms with Gasteiger partial charge in [0.2, 0.25) is 0 Å². The van der Waals surface area contributed by atoms with Gasteiger partial charge in [0.25, 0.3) is 5.56 Å². The fourth-order valence-corrected chi connectivity index (χ4v) is 7.14. The van der Waals surface area contributed by atoms with Crippen molar-refractivity contribution in [1.82, 2.24) is 4.57 Å². The highest BCUT2D eigenvalue weighted by molar-refractivity contribution is 7.10. The summed E-state index contributed by atoms with van der Waals surface area (Å²) in [5, 5.41) is 2.85. The van der Waals surface area contributed by atoms with Crippen LogP contribution in [-0.4, -0.2) is 24.3 Å². The molecule has 0 aliphatic carbocycles. The number of thiazole rings is 1. The maximum absolute atomic E-state index is 14.1. The zero-order valence-corrected chi connectivity index (χ0v) is 27.3. The molecule has 7 nitrogen and oxygen atoms in total. The fraction of sp³-hybridized carbons (Fsp3) is 0.147. The summed E-state index contributed by atoms with van der Waals surface area (Å²) in [5.41, 5.74) is 2.92. The number of carbonyl (C=O) groups is 1. The predicted octanol–water partition coefficient (Wildman–Crippen LogP) is 6.89. The van der Waals surface area contributed by atoms with Crippen molar-refractivity contribution in [3.05, 3.63) is 141 Å². The molecule has 45 heavy (non-hydrogen) atoms. The smallest absolute Gasteiger partial charge is 0.338 e. The molecule has 3 aromatic carbocycles. The van der Waals surface area contributed by atoms with Gasteiger partial charge in [-0.1, -0.05) is 83.1 Å². The highest BCUT2D eigenvalue weighted by Crippen LogP contribution is 2.37. The molecule has 2 aromatic heterocycles. The number of aromatic nitrogens is 1. The van der Waals surface area contributed by atoms with Crippen molar-refractivity contribution in [3.63, 3.8) is 0 Å². The standard InChI is InChI=1S/C34H26Cl2N2O5S2/c1-3-42-33(40)29-30(22-8-5-4-6-9-22)37-34-38(31(29)27-10-7-15-44-27)32(39)28(45-34)18-20-12-14-25(26(17-20)41-2)43-19-21-11-13-23(35)24(36)16-21/h4-18,31H,3,19H2,1-2H3/b28-18-/t31-/m0/s1. The SMILES string of the molecule is CCOC(=O)C1=C(c2ccccc2)N=c2s/c(=C\c3ccc(OCc4ccc(Cl)c(Cl)c4)c(OC)c3)c(=O)n2[C@H]1c1cccs1. The van der Waals surface area contributed by atoms with Crippen molar-refractivity contribution in [2.45, 2.75) is 19.6 Å². The van der Waals surface area contributed by atoms with Crippen molar-refractivity contribution in [3.8, 4) is 11.5 Å². The number of methoxy groups -OCH3 is 1. The van der Waals surface area contributed by atoms with Gasteiger partial charge in [-0.25, -0.2) is 9.79 Å². The molecule has 5 aromatic rings. The third-order valence-electron chi connectivity index (χ3n) is 7.05. The third kappa shape index (κ3) is 6.35. The molecule has 0 spiro atoms. The highest BCUT2D eigenvalue weighted by Gasteiger charge is 2.35. The molecular formula is C34H26Cl2N2O5S2. The number of hydrogen-bond acceptors (Lipinski definition) is 8. The zero-order chi connectivity index (χ0) is 31.5. The van der Waals surface area contributed by atoms with Crippen LogP contribution in [0.3, 0.4) is 0 Å². The number of ether oxygens (including phenoxy) is 3. The normalized spacial score (nSPS) is 14.6. The lowest BCUT2D eigenvalue weighted by atomic mass is 9.97. The third-order valence-corrected chi connectivity index (χ3v) is 9.70. The Morgan fingerprint density at radius 1 is 1.00 bits per heavy atom. The first-order chi connectivity index (χ1) is 21.9. The number of hydrogen-bond donors (Lipinski definition) is 0. The molecule has 228 valence electrons. The van der Waals surface area contributed by atoms with Crippen LogP contribution in [0.25, 0.3) is 11.8 Å². The summed E-state index contributed by atoms with van der Waals surface area (Å²) >= 11 is 14.9. The van der Waals surface area contributed by atoms with Crippen molar-refractivity contribution in [2.75, 3.05) is 13.7 Å². The van der Waals surface area contributed by atoms with Crippen molar-refractivity contribution in [1.29, 1.82) is 0 Å². The first kappa shape index (κ1) is 30.9. The van der Waals surface area contributed by atoms with E-state index < -0.39 is 12.0 Å². The van der Waals surface area contributed by atoms with E-state index in [0.29, 0.717) is 42.1 Å². The molecule has 6 rings (SSSR count). The van der Waals surface area contributed by atoms with Crippen LogP contribution in [0.2, 0.25) is 10.0 Å². The van der Waals surface area contributed by atoms with Gasteiger partial charge in [0.1, 0.15) is 12.6 Å². The molecule has 0 saturated carbocycles. The summed E-state index contributed by atoms with van der Waals surface area (Å²) in [4.78, 5) is 33.8. The molecule has 3 heterocycles. The molecule has 0 bridgehead atoms. The van der Waals surface area contributed by atoms with E-state index in [1.54, 1.807) is 48.9 Å². The maximum Gasteiger partial charge on any atom is 0.338 e. The summed E-state index contributed by atoms with van der Waals surface area (Å²) in [5.74, 6) is 0.532. The number of fused-ring (bicyclic) bond motifs is 1. The van der Waals surface area contributed by atoms with Gasteiger partial charge in [0, 0.05) is 10.4 Å². The van der Waals surface area contributed by atoms with E-state index in [9.17, 15) is 9.59 Å². The second-order valence-corrected chi connectivity index (χ2v) is 12.7. The predicted molar refractivity (Wildman–Crippen MR) is 179 cm³/mol. The summed E-state index contributed by atoms with van der Waals surface area (Å²) < 4.78 is 19.2. The Morgan fingerprint density at radius 2 is 1.82 bits per heavy atom. The van der Waals surface area contributed by atoms with Gasteiger partial charge in [-0.05, 0) is 59.8 Å². The molecular weight excluding hydrogens is 651 g/mol. The first-order valence-electron chi connectivity index (χ1n) is 13.9. The highest BCUT2D eigenvalue weighted by atomic mass is 35.5. The molecule has 0 saturated heterocycles. The fourth-order valence-electron chi connectivity index (χ4n) is 4.99. The molecule has 0 unspecified atom stereocenters. The number of nitrogens with zero attached hydrogens (tertiary/aromatic N) is 2. The van der Waals surface area contributed by atoms with E-state index in [2.05, 4.69) is 0 Å². The van der Waals surface area contributed by atoms with E-state index in [-0.39, 0.29) is 18.8 Å². The summed E-state index contributed by atoms with van der Waals surface area (Å²) in [7, 11) is 1.56. The summed E-state index contributed by atoms with van der Waals surface area (Å²) in [6.45, 7) is 2.22. The maximum atomic E-state index is 14.1. The van der Waals surface area contributed by atoms with Crippen LogP contribution >= 0.6 is 45.9 Å². The van der Waals surface area contributed by atoms with Crippen molar-refractivity contribution in [2.24, 2.45) is 4.99 Å². The Kier molecular flexibility index (Phi) is 9.23. The van der Waals surface area contributed by atoms with Gasteiger partial charge in [-0.2, -0.15) is 0 Å². The van der Waals surface area contributed by atoms with Crippen LogP contribution in [0, 0.1) is 0 Å². The van der Waals surface area contributed by atoms with Crippen LogP contribution in [0.5, 0.6) is 11.5 Å². The molecule has 0 radical (unpaired) electrons. The molecule has 1 aliphatic rings. The molecule has 0 fully saturated rings. The minimum Gasteiger partial charge on any atom is -0.493 e. The second kappa shape index (κ2) is 13.5. The van der Waals surface area contributed by atoms with Gasteiger partial charge >= 0.3 is 5.97 Å². The van der Waals surface area contributed by atoms with E-state index in [1.165, 1.54) is 22.7 Å². The number of benzene rings is 3. The Morgan fingerprint density at radius 3 is 2.53 bits per heavy atom. The zero-order valence-electron chi connectivity index (χ0n) is 24.2. The van der Waals surface area contributed by atoms with Crippen molar-refractivity contribution < 1.29 is 19.0 Å². The second-order valence-electron chi connectivity index (χ2n) is 9.89. The van der Waals surface area contributed by atoms with Crippen LogP contribution < -0.4 is 24.4 Å². The first-order valence-corrected chi connectivity index (χ1v) is 16.4. The van der Waals surface area contributed by atoms with E-state index in [1.807, 2.05) is 60.0 Å². The minimum atomic E-state index is -0.690. The Balaban J connectivity index is 1.43. The minimum absolute atomic E-state index is 0.195. The van der Waals surface area contributed by atoms with E-state index in [0.717, 1.165) is 21.6 Å². The quantitative estimate of drug-likeness (QED) is 0.159. The van der Waals surface area contributed by atoms with Gasteiger partial charge < -0.3 is 14.2 Å². The van der Waals surface area contributed by atoms with Crippen LogP contribution in [0.1, 0.15) is 34.5 Å². The average molecular weight is 678 g/mol. The Labute approximate surface area is 276 Å². The van der Waals surface area contributed by atoms with Crippen molar-refractivity contribution >= 4 is 63.6 Å². The largest absolute Gasteiger partial charge is 0.493 e. The Bertz CT molecular complexity index is 2090. The number of carbonyl (C=O) groups excluding carboxylic acids is 1. The molecule has 1 atom stereocenters. The topological polar surface area (TPSA) is 79.1 Å². The molecule has 0 N–H and O–H groups in total. The van der Waals surface area contributed by atoms with E-state index in [4.69, 9.17) is 42.4 Å². The van der Waals surface area contributed by atoms with Crippen LogP contribution in [0.15, 0.2) is 99.6 Å². The molecule has 11 heteroatoms.